The van der Waals surface area contributed by atoms with E-state index in [1.165, 1.54) is 0 Å². The fourth-order valence-electron chi connectivity index (χ4n) is 2.86. The van der Waals surface area contributed by atoms with Gasteiger partial charge in [-0.25, -0.2) is 0 Å². The van der Waals surface area contributed by atoms with Crippen molar-refractivity contribution >= 4 is 91.2 Å². The van der Waals surface area contributed by atoms with Crippen LogP contribution in [0.4, 0.5) is 5.69 Å². The maximum absolute atomic E-state index is 13.5. The van der Waals surface area contributed by atoms with E-state index >= 15 is 0 Å². The predicted octanol–water partition coefficient (Wildman–Crippen LogP) is -1.93. The number of primary amides is 1. The van der Waals surface area contributed by atoms with Crippen molar-refractivity contribution in [3.63, 3.8) is 0 Å². The molecule has 0 saturated carbocycles. The molecule has 0 aromatic heterocycles. The molecule has 2 atom stereocenters. The van der Waals surface area contributed by atoms with E-state index in [0.29, 0.717) is 0 Å². The maximum Gasteiger partial charge on any atom is 0.256 e. The van der Waals surface area contributed by atoms with Crippen molar-refractivity contribution in [1.82, 2.24) is 4.90 Å². The van der Waals surface area contributed by atoms with Crippen molar-refractivity contribution < 1.29 is 45.0 Å². The van der Waals surface area contributed by atoms with Crippen LogP contribution >= 0.6 is 67.8 Å². The smallest absolute Gasteiger partial charge is 0.256 e. The lowest BCUT2D eigenvalue weighted by Gasteiger charge is -2.30. The monoisotopic (exact) mass is 807 g/mol. The molecule has 0 aliphatic rings. The molecule has 2 unspecified atom stereocenters. The molecular formula is C18H24I3N3O9. The third kappa shape index (κ3) is 7.53. The van der Waals surface area contributed by atoms with E-state index in [9.17, 15) is 45.0 Å². The van der Waals surface area contributed by atoms with Crippen LogP contribution in [0, 0.1) is 10.7 Å². The Morgan fingerprint density at radius 2 is 1.33 bits per heavy atom. The summed E-state index contributed by atoms with van der Waals surface area (Å²) < 4.78 is 0.552. The molecule has 186 valence electrons. The molecule has 12 nitrogen and oxygen atoms in total. The number of anilines is 1. The summed E-state index contributed by atoms with van der Waals surface area (Å²) in [5, 5.41) is 57.0. The summed E-state index contributed by atoms with van der Waals surface area (Å²) in [5.41, 5.74) is 5.46. The van der Waals surface area contributed by atoms with Gasteiger partial charge in [-0.1, -0.05) is 0 Å². The average molecular weight is 807 g/mol. The first kappa shape index (κ1) is 30.6. The Hall–Kier alpha value is -0.420. The predicted molar refractivity (Wildman–Crippen MR) is 142 cm³/mol. The molecule has 0 saturated heterocycles. The third-order valence-electron chi connectivity index (χ3n) is 4.35. The zero-order valence-corrected chi connectivity index (χ0v) is 23.6. The summed E-state index contributed by atoms with van der Waals surface area (Å²) in [6, 6.07) is 0. The number of carbonyl (C=O) groups excluding carboxylic acids is 3. The van der Waals surface area contributed by atoms with Gasteiger partial charge in [-0.3, -0.25) is 14.4 Å². The second kappa shape index (κ2) is 14.2. The van der Waals surface area contributed by atoms with Crippen LogP contribution in [-0.4, -0.2) is 112 Å². The van der Waals surface area contributed by atoms with E-state index in [4.69, 9.17) is 5.73 Å². The number of hydrogen-bond donors (Lipinski definition) is 7. The normalized spacial score (nSPS) is 12.9. The van der Waals surface area contributed by atoms with E-state index in [-0.39, 0.29) is 34.1 Å². The van der Waals surface area contributed by atoms with Crippen LogP contribution < -0.4 is 10.6 Å². The highest BCUT2D eigenvalue weighted by Gasteiger charge is 2.33. The van der Waals surface area contributed by atoms with Gasteiger partial charge in [0.2, 0.25) is 0 Å². The molecular weight excluding hydrogens is 783 g/mol. The van der Waals surface area contributed by atoms with Gasteiger partial charge < -0.3 is 46.2 Å². The molecule has 0 bridgehead atoms. The molecule has 1 aromatic rings. The summed E-state index contributed by atoms with van der Waals surface area (Å²) in [5.74, 6) is -2.46. The van der Waals surface area contributed by atoms with Crippen LogP contribution in [0.15, 0.2) is 0 Å². The topological polar surface area (TPSA) is 205 Å². The van der Waals surface area contributed by atoms with Crippen LogP contribution in [0.1, 0.15) is 20.7 Å². The second-order valence-corrected chi connectivity index (χ2v) is 9.95. The quantitative estimate of drug-likeness (QED) is 0.117. The van der Waals surface area contributed by atoms with E-state index in [1.807, 2.05) is 0 Å². The van der Waals surface area contributed by atoms with Gasteiger partial charge in [0.15, 0.2) is 0 Å². The Morgan fingerprint density at radius 3 is 1.73 bits per heavy atom. The van der Waals surface area contributed by atoms with Crippen molar-refractivity contribution in [2.45, 2.75) is 12.2 Å². The summed E-state index contributed by atoms with van der Waals surface area (Å²) in [7, 11) is 0. The number of benzene rings is 1. The fourth-order valence-corrected chi connectivity index (χ4v) is 7.60. The lowest BCUT2D eigenvalue weighted by Crippen LogP contribution is -2.45. The first-order valence-electron chi connectivity index (χ1n) is 9.36. The number of halogens is 3. The first-order valence-corrected chi connectivity index (χ1v) is 12.6. The number of amides is 3. The molecule has 0 spiro atoms. The molecule has 8 N–H and O–H groups in total. The SMILES string of the molecule is NC(=O)c1c(I)c(C(=O)N(CC(O)CO)CC(O)CO)c(I)c(N(CCO)C(=O)CO)c1I. The van der Waals surface area contributed by atoms with E-state index in [0.717, 1.165) is 9.80 Å². The lowest BCUT2D eigenvalue weighted by molar-refractivity contribution is -0.121. The van der Waals surface area contributed by atoms with Crippen molar-refractivity contribution in [2.75, 3.05) is 51.0 Å². The molecule has 3 amide bonds. The van der Waals surface area contributed by atoms with Gasteiger partial charge in [-0.15, -0.1) is 0 Å². The standard InChI is InChI=1S/C18H24I3N3O9/c19-13-11(17(22)32)14(20)16(24(1-2-25)10(31)7-28)15(21)12(13)18(33)23(3-8(29)5-26)4-9(30)6-27/h8-9,25-30H,1-7H2,(H2,22,32). The van der Waals surface area contributed by atoms with Crippen molar-refractivity contribution in [1.29, 1.82) is 0 Å². The number of hydrogen-bond acceptors (Lipinski definition) is 9. The Kier molecular flexibility index (Phi) is 13.2. The van der Waals surface area contributed by atoms with E-state index in [1.54, 1.807) is 67.8 Å². The largest absolute Gasteiger partial charge is 0.395 e. The minimum atomic E-state index is -1.35. The zero-order chi connectivity index (χ0) is 25.5. The second-order valence-electron chi connectivity index (χ2n) is 6.71. The van der Waals surface area contributed by atoms with E-state index < -0.39 is 69.4 Å². The summed E-state index contributed by atoms with van der Waals surface area (Å²) >= 11 is 5.31. The Bertz CT molecular complexity index is 876. The molecule has 33 heavy (non-hydrogen) atoms. The zero-order valence-electron chi connectivity index (χ0n) is 17.1. The molecule has 0 aliphatic carbocycles. The van der Waals surface area contributed by atoms with Gasteiger partial charge >= 0.3 is 0 Å². The summed E-state index contributed by atoms with van der Waals surface area (Å²) in [6.45, 7) is -3.77. The van der Waals surface area contributed by atoms with Gasteiger partial charge in [0.1, 0.15) is 6.61 Å². The number of carbonyl (C=O) groups is 3. The van der Waals surface area contributed by atoms with Gasteiger partial charge in [0, 0.05) is 23.2 Å². The van der Waals surface area contributed by atoms with Crippen LogP contribution in [0.2, 0.25) is 0 Å². The van der Waals surface area contributed by atoms with Crippen molar-refractivity contribution in [3.8, 4) is 0 Å². The van der Waals surface area contributed by atoms with Crippen LogP contribution in [-0.2, 0) is 4.79 Å². The lowest BCUT2D eigenvalue weighted by atomic mass is 10.1. The highest BCUT2D eigenvalue weighted by atomic mass is 127. The molecule has 0 heterocycles. The summed E-state index contributed by atoms with van der Waals surface area (Å²) in [6.07, 6.45) is -2.70. The number of nitrogens with zero attached hydrogens (tertiary/aromatic N) is 2. The maximum atomic E-state index is 13.5. The van der Waals surface area contributed by atoms with Gasteiger partial charge in [0.05, 0.1) is 56.0 Å². The summed E-state index contributed by atoms with van der Waals surface area (Å²) in [4.78, 5) is 40.2. The van der Waals surface area contributed by atoms with Crippen molar-refractivity contribution in [2.24, 2.45) is 5.73 Å². The molecule has 0 radical (unpaired) electrons. The number of aliphatic hydroxyl groups is 6. The Morgan fingerprint density at radius 1 is 0.848 bits per heavy atom. The van der Waals surface area contributed by atoms with E-state index in [2.05, 4.69) is 0 Å². The Labute approximate surface area is 230 Å². The highest BCUT2D eigenvalue weighted by molar-refractivity contribution is 14.1. The number of rotatable bonds is 12. The van der Waals surface area contributed by atoms with Gasteiger partial charge in [-0.2, -0.15) is 0 Å². The molecule has 0 fully saturated rings. The molecule has 1 aromatic carbocycles. The fraction of sp³-hybridized carbons (Fsp3) is 0.500. The highest BCUT2D eigenvalue weighted by Crippen LogP contribution is 2.38. The van der Waals surface area contributed by atoms with Crippen LogP contribution in [0.5, 0.6) is 0 Å². The van der Waals surface area contributed by atoms with Crippen molar-refractivity contribution in [3.05, 3.63) is 21.8 Å². The molecule has 1 rings (SSSR count). The van der Waals surface area contributed by atoms with Gasteiger partial charge in [-0.05, 0) is 67.8 Å². The minimum absolute atomic E-state index is 0.0750. The molecule has 15 heteroatoms. The number of nitrogens with two attached hydrogens (primary N) is 1. The van der Waals surface area contributed by atoms with Crippen LogP contribution in [0.3, 0.4) is 0 Å². The average Bonchev–Trinajstić information content (AvgIpc) is 2.76. The third-order valence-corrected chi connectivity index (χ3v) is 7.53. The number of aliphatic hydroxyl groups excluding tert-OH is 6. The van der Waals surface area contributed by atoms with Crippen LogP contribution in [0.25, 0.3) is 0 Å². The first-order chi connectivity index (χ1) is 15.5. The molecule has 0 aliphatic heterocycles. The minimum Gasteiger partial charge on any atom is -0.395 e. The Balaban J connectivity index is 3.86. The van der Waals surface area contributed by atoms with Gasteiger partial charge in [0.25, 0.3) is 17.7 Å².